The predicted molar refractivity (Wildman–Crippen MR) is 85.5 cm³/mol. The van der Waals surface area contributed by atoms with Crippen molar-refractivity contribution in [3.63, 3.8) is 0 Å². The molecule has 2 N–H and O–H groups in total. The quantitative estimate of drug-likeness (QED) is 0.783. The molecular weight excluding hydrogens is 260 g/mol. The van der Waals surface area contributed by atoms with Crippen LogP contribution in [0.4, 0.5) is 0 Å². The fourth-order valence-corrected chi connectivity index (χ4v) is 2.37. The third kappa shape index (κ3) is 2.88. The highest BCUT2D eigenvalue weighted by atomic mass is 16.5. The standard InChI is InChI=1S/C18H18N2O/c1-2-15-10-13(12-19)11-18(20-15)21-17-9-5-7-14-6-3-4-8-16(14)17/h3-11H,2,12,19H2,1H3. The van der Waals surface area contributed by atoms with Crippen LogP contribution >= 0.6 is 0 Å². The van der Waals surface area contributed by atoms with Crippen molar-refractivity contribution >= 4 is 10.8 Å². The molecule has 3 nitrogen and oxygen atoms in total. The van der Waals surface area contributed by atoms with Gasteiger partial charge in [0.25, 0.3) is 0 Å². The van der Waals surface area contributed by atoms with Gasteiger partial charge in [-0.3, -0.25) is 0 Å². The highest BCUT2D eigenvalue weighted by Gasteiger charge is 2.06. The lowest BCUT2D eigenvalue weighted by atomic mass is 10.1. The minimum atomic E-state index is 0.488. The topological polar surface area (TPSA) is 48.1 Å². The first-order chi connectivity index (χ1) is 10.3. The molecule has 2 aromatic carbocycles. The van der Waals surface area contributed by atoms with E-state index in [1.807, 2.05) is 36.4 Å². The Kier molecular flexibility index (Phi) is 3.84. The van der Waals surface area contributed by atoms with Gasteiger partial charge in [-0.2, -0.15) is 0 Å². The van der Waals surface area contributed by atoms with Crippen LogP contribution in [0, 0.1) is 0 Å². The molecule has 0 saturated carbocycles. The summed E-state index contributed by atoms with van der Waals surface area (Å²) in [7, 11) is 0. The summed E-state index contributed by atoms with van der Waals surface area (Å²) < 4.78 is 6.01. The van der Waals surface area contributed by atoms with Crippen molar-refractivity contribution in [2.24, 2.45) is 5.73 Å². The van der Waals surface area contributed by atoms with E-state index in [2.05, 4.69) is 30.1 Å². The Labute approximate surface area is 124 Å². The molecule has 1 aromatic heterocycles. The Morgan fingerprint density at radius 3 is 2.67 bits per heavy atom. The average Bonchev–Trinajstić information content (AvgIpc) is 2.55. The van der Waals surface area contributed by atoms with Crippen LogP contribution in [-0.4, -0.2) is 4.98 Å². The van der Waals surface area contributed by atoms with Gasteiger partial charge in [-0.1, -0.05) is 43.3 Å². The van der Waals surface area contributed by atoms with Crippen molar-refractivity contribution in [3.8, 4) is 11.6 Å². The van der Waals surface area contributed by atoms with E-state index in [1.54, 1.807) is 0 Å². The first kappa shape index (κ1) is 13.6. The molecule has 1 heterocycles. The molecule has 0 atom stereocenters. The molecule has 0 aliphatic carbocycles. The van der Waals surface area contributed by atoms with Crippen LogP contribution in [-0.2, 0) is 13.0 Å². The number of hydrogen-bond acceptors (Lipinski definition) is 3. The summed E-state index contributed by atoms with van der Waals surface area (Å²) in [6.07, 6.45) is 0.861. The molecule has 0 bridgehead atoms. The molecule has 3 heteroatoms. The summed E-state index contributed by atoms with van der Waals surface area (Å²) in [5.41, 5.74) is 7.78. The highest BCUT2D eigenvalue weighted by Crippen LogP contribution is 2.29. The van der Waals surface area contributed by atoms with E-state index >= 15 is 0 Å². The van der Waals surface area contributed by atoms with Crippen LogP contribution < -0.4 is 10.5 Å². The lowest BCUT2D eigenvalue weighted by Gasteiger charge is -2.10. The Hall–Kier alpha value is -2.39. The Morgan fingerprint density at radius 1 is 1.05 bits per heavy atom. The lowest BCUT2D eigenvalue weighted by molar-refractivity contribution is 0.465. The summed E-state index contributed by atoms with van der Waals surface area (Å²) in [5, 5.41) is 2.23. The second-order valence-corrected chi connectivity index (χ2v) is 4.94. The zero-order valence-corrected chi connectivity index (χ0v) is 12.0. The first-order valence-corrected chi connectivity index (χ1v) is 7.15. The fourth-order valence-electron chi connectivity index (χ4n) is 2.37. The van der Waals surface area contributed by atoms with Gasteiger partial charge in [-0.15, -0.1) is 0 Å². The number of aryl methyl sites for hydroxylation is 1. The molecule has 0 radical (unpaired) electrons. The molecule has 21 heavy (non-hydrogen) atoms. The monoisotopic (exact) mass is 278 g/mol. The number of ether oxygens (including phenoxy) is 1. The van der Waals surface area contributed by atoms with Crippen molar-refractivity contribution in [1.29, 1.82) is 0 Å². The number of fused-ring (bicyclic) bond motifs is 1. The van der Waals surface area contributed by atoms with Crippen LogP contribution in [0.3, 0.4) is 0 Å². The maximum absolute atomic E-state index is 6.01. The van der Waals surface area contributed by atoms with E-state index in [0.717, 1.165) is 34.2 Å². The van der Waals surface area contributed by atoms with Gasteiger partial charge in [0.1, 0.15) is 5.75 Å². The first-order valence-electron chi connectivity index (χ1n) is 7.15. The molecule has 0 aliphatic rings. The number of rotatable bonds is 4. The number of pyridine rings is 1. The minimum Gasteiger partial charge on any atom is -0.438 e. The lowest BCUT2D eigenvalue weighted by Crippen LogP contribution is -2.01. The van der Waals surface area contributed by atoms with Crippen molar-refractivity contribution in [2.45, 2.75) is 19.9 Å². The van der Waals surface area contributed by atoms with Gasteiger partial charge in [-0.05, 0) is 29.5 Å². The van der Waals surface area contributed by atoms with Gasteiger partial charge in [0.05, 0.1) is 0 Å². The van der Waals surface area contributed by atoms with Gasteiger partial charge in [0.15, 0.2) is 0 Å². The molecule has 0 amide bonds. The van der Waals surface area contributed by atoms with Gasteiger partial charge in [0, 0.05) is 23.7 Å². The van der Waals surface area contributed by atoms with E-state index < -0.39 is 0 Å². The van der Waals surface area contributed by atoms with Crippen LogP contribution in [0.5, 0.6) is 11.6 Å². The fraction of sp³-hybridized carbons (Fsp3) is 0.167. The average molecular weight is 278 g/mol. The van der Waals surface area contributed by atoms with E-state index in [1.165, 1.54) is 0 Å². The van der Waals surface area contributed by atoms with Crippen LogP contribution in [0.2, 0.25) is 0 Å². The van der Waals surface area contributed by atoms with Gasteiger partial charge >= 0.3 is 0 Å². The second-order valence-electron chi connectivity index (χ2n) is 4.94. The molecule has 3 aromatic rings. The second kappa shape index (κ2) is 5.94. The zero-order chi connectivity index (χ0) is 14.7. The SMILES string of the molecule is CCc1cc(CN)cc(Oc2cccc3ccccc23)n1. The normalized spacial score (nSPS) is 10.8. The highest BCUT2D eigenvalue weighted by molar-refractivity contribution is 5.88. The third-order valence-electron chi connectivity index (χ3n) is 3.48. The largest absolute Gasteiger partial charge is 0.438 e. The van der Waals surface area contributed by atoms with Gasteiger partial charge < -0.3 is 10.5 Å². The van der Waals surface area contributed by atoms with Gasteiger partial charge in [-0.25, -0.2) is 4.98 Å². The maximum Gasteiger partial charge on any atom is 0.219 e. The molecule has 106 valence electrons. The van der Waals surface area contributed by atoms with Crippen molar-refractivity contribution in [3.05, 3.63) is 65.9 Å². The number of nitrogens with two attached hydrogens (primary N) is 1. The summed E-state index contributed by atoms with van der Waals surface area (Å²) in [5.74, 6) is 1.42. The maximum atomic E-state index is 6.01. The molecule has 3 rings (SSSR count). The molecule has 0 unspecified atom stereocenters. The van der Waals surface area contributed by atoms with Crippen LogP contribution in [0.15, 0.2) is 54.6 Å². The predicted octanol–water partition coefficient (Wildman–Crippen LogP) is 4.05. The molecule has 0 saturated heterocycles. The van der Waals surface area contributed by atoms with Crippen LogP contribution in [0.1, 0.15) is 18.2 Å². The Morgan fingerprint density at radius 2 is 1.86 bits per heavy atom. The third-order valence-corrected chi connectivity index (χ3v) is 3.48. The number of aromatic nitrogens is 1. The van der Waals surface area contributed by atoms with Crippen LogP contribution in [0.25, 0.3) is 10.8 Å². The van der Waals surface area contributed by atoms with E-state index in [-0.39, 0.29) is 0 Å². The molecule has 0 aliphatic heterocycles. The molecule has 0 spiro atoms. The summed E-state index contributed by atoms with van der Waals surface area (Å²) >= 11 is 0. The van der Waals surface area contributed by atoms with Crippen molar-refractivity contribution < 1.29 is 4.74 Å². The number of nitrogens with zero attached hydrogens (tertiary/aromatic N) is 1. The van der Waals surface area contributed by atoms with Crippen molar-refractivity contribution in [1.82, 2.24) is 4.98 Å². The minimum absolute atomic E-state index is 0.488. The zero-order valence-electron chi connectivity index (χ0n) is 12.0. The molecule has 0 fully saturated rings. The van der Waals surface area contributed by atoms with Gasteiger partial charge in [0.2, 0.25) is 5.88 Å². The molecular formula is C18H18N2O. The van der Waals surface area contributed by atoms with E-state index in [0.29, 0.717) is 12.4 Å². The van der Waals surface area contributed by atoms with Crippen molar-refractivity contribution in [2.75, 3.05) is 0 Å². The summed E-state index contributed by atoms with van der Waals surface area (Å²) in [6, 6.07) is 18.1. The number of benzene rings is 2. The van der Waals surface area contributed by atoms with E-state index in [9.17, 15) is 0 Å². The Bertz CT molecular complexity index is 741. The Balaban J connectivity index is 2.02. The number of hydrogen-bond donors (Lipinski definition) is 1. The van der Waals surface area contributed by atoms with E-state index in [4.69, 9.17) is 10.5 Å². The smallest absolute Gasteiger partial charge is 0.219 e. The summed E-state index contributed by atoms with van der Waals surface area (Å²) in [4.78, 5) is 4.52. The summed E-state index contributed by atoms with van der Waals surface area (Å²) in [6.45, 7) is 2.56.